The maximum atomic E-state index is 13.9. The molecule has 0 saturated carbocycles. The molecule has 0 aliphatic heterocycles. The molecule has 0 atom stereocenters. The minimum absolute atomic E-state index is 0.0363. The standard InChI is InChI=1S/C23H17F2NO3S/c1-15-3-2-4-16(11-15)13-26-14-22(23(27)20-12-18(25)7-10-21(20)26)30(28,29)19-8-5-17(24)6-9-19/h2-12,14H,13H2,1H3. The summed E-state index contributed by atoms with van der Waals surface area (Å²) in [4.78, 5) is 12.3. The third kappa shape index (κ3) is 3.64. The Hall–Kier alpha value is -3.32. The average molecular weight is 425 g/mol. The Labute approximate surface area is 172 Å². The number of rotatable bonds is 4. The molecule has 0 spiro atoms. The quantitative estimate of drug-likeness (QED) is 0.454. The van der Waals surface area contributed by atoms with Crippen molar-refractivity contribution in [2.75, 3.05) is 0 Å². The summed E-state index contributed by atoms with van der Waals surface area (Å²) >= 11 is 0. The van der Waals surface area contributed by atoms with Crippen LogP contribution >= 0.6 is 0 Å². The lowest BCUT2D eigenvalue weighted by atomic mass is 10.1. The first kappa shape index (κ1) is 20.0. The molecule has 0 bridgehead atoms. The van der Waals surface area contributed by atoms with Gasteiger partial charge in [0.2, 0.25) is 15.3 Å². The maximum Gasteiger partial charge on any atom is 0.211 e. The molecular weight excluding hydrogens is 408 g/mol. The first-order valence-electron chi connectivity index (χ1n) is 9.14. The van der Waals surface area contributed by atoms with Gasteiger partial charge in [-0.3, -0.25) is 4.79 Å². The minimum atomic E-state index is -4.24. The summed E-state index contributed by atoms with van der Waals surface area (Å²) in [6, 6.07) is 15.6. The SMILES string of the molecule is Cc1cccc(Cn2cc(S(=O)(=O)c3ccc(F)cc3)c(=O)c3cc(F)ccc32)c1. The Bertz CT molecular complexity index is 1430. The predicted octanol–water partition coefficient (Wildman–Crippen LogP) is 4.47. The highest BCUT2D eigenvalue weighted by Crippen LogP contribution is 2.23. The zero-order valence-corrected chi connectivity index (χ0v) is 16.8. The molecule has 4 aromatic rings. The highest BCUT2D eigenvalue weighted by atomic mass is 32.2. The van der Waals surface area contributed by atoms with Crippen molar-refractivity contribution in [3.63, 3.8) is 0 Å². The molecule has 1 heterocycles. The average Bonchev–Trinajstić information content (AvgIpc) is 2.70. The molecule has 3 aromatic carbocycles. The zero-order valence-electron chi connectivity index (χ0n) is 16.0. The molecule has 4 rings (SSSR count). The van der Waals surface area contributed by atoms with Crippen molar-refractivity contribution >= 4 is 20.7 Å². The van der Waals surface area contributed by atoms with E-state index in [4.69, 9.17) is 0 Å². The normalized spacial score (nSPS) is 11.7. The number of aromatic nitrogens is 1. The van der Waals surface area contributed by atoms with Crippen LogP contribution in [-0.2, 0) is 16.4 Å². The molecule has 152 valence electrons. The van der Waals surface area contributed by atoms with Crippen LogP contribution in [0.15, 0.2) is 87.5 Å². The lowest BCUT2D eigenvalue weighted by Gasteiger charge is -2.14. The smallest absolute Gasteiger partial charge is 0.211 e. The second-order valence-electron chi connectivity index (χ2n) is 7.06. The van der Waals surface area contributed by atoms with Crippen LogP contribution in [0.5, 0.6) is 0 Å². The Morgan fingerprint density at radius 1 is 0.900 bits per heavy atom. The van der Waals surface area contributed by atoms with E-state index in [9.17, 15) is 22.0 Å². The van der Waals surface area contributed by atoms with E-state index in [2.05, 4.69) is 0 Å². The summed E-state index contributed by atoms with van der Waals surface area (Å²) in [5.41, 5.74) is 1.55. The monoisotopic (exact) mass is 425 g/mol. The van der Waals surface area contributed by atoms with Crippen LogP contribution in [-0.4, -0.2) is 13.0 Å². The molecule has 0 fully saturated rings. The van der Waals surface area contributed by atoms with E-state index >= 15 is 0 Å². The van der Waals surface area contributed by atoms with Crippen LogP contribution in [0.3, 0.4) is 0 Å². The fourth-order valence-electron chi connectivity index (χ4n) is 3.41. The maximum absolute atomic E-state index is 13.9. The molecule has 7 heteroatoms. The van der Waals surface area contributed by atoms with E-state index in [1.54, 1.807) is 4.57 Å². The minimum Gasteiger partial charge on any atom is -0.341 e. The number of fused-ring (bicyclic) bond motifs is 1. The van der Waals surface area contributed by atoms with Gasteiger partial charge in [0.1, 0.15) is 16.5 Å². The summed E-state index contributed by atoms with van der Waals surface area (Å²) in [7, 11) is -4.24. The topological polar surface area (TPSA) is 56.1 Å². The van der Waals surface area contributed by atoms with E-state index in [-0.39, 0.29) is 16.8 Å². The molecule has 1 aromatic heterocycles. The summed E-state index contributed by atoms with van der Waals surface area (Å²) in [6.07, 6.45) is 1.27. The molecule has 0 amide bonds. The molecule has 0 unspecified atom stereocenters. The number of hydrogen-bond acceptors (Lipinski definition) is 3. The second kappa shape index (κ2) is 7.50. The Balaban J connectivity index is 1.97. The van der Waals surface area contributed by atoms with Gasteiger partial charge in [-0.2, -0.15) is 0 Å². The number of nitrogens with zero attached hydrogens (tertiary/aromatic N) is 1. The summed E-state index contributed by atoms with van der Waals surface area (Å²) in [5.74, 6) is -1.23. The van der Waals surface area contributed by atoms with Crippen molar-refractivity contribution < 1.29 is 17.2 Å². The Morgan fingerprint density at radius 2 is 1.60 bits per heavy atom. The molecular formula is C23H17F2NO3S. The third-order valence-corrected chi connectivity index (χ3v) is 6.62. The predicted molar refractivity (Wildman–Crippen MR) is 110 cm³/mol. The van der Waals surface area contributed by atoms with Gasteiger partial charge in [0.05, 0.1) is 10.4 Å². The van der Waals surface area contributed by atoms with Crippen LogP contribution in [0.2, 0.25) is 0 Å². The number of benzene rings is 3. The van der Waals surface area contributed by atoms with Gasteiger partial charge in [-0.1, -0.05) is 29.8 Å². The number of sulfone groups is 1. The van der Waals surface area contributed by atoms with Crippen molar-refractivity contribution in [1.29, 1.82) is 0 Å². The van der Waals surface area contributed by atoms with Crippen molar-refractivity contribution in [3.8, 4) is 0 Å². The van der Waals surface area contributed by atoms with Crippen LogP contribution in [0, 0.1) is 18.6 Å². The number of aryl methyl sites for hydroxylation is 1. The van der Waals surface area contributed by atoms with E-state index in [0.29, 0.717) is 5.52 Å². The van der Waals surface area contributed by atoms with Crippen LogP contribution in [0.1, 0.15) is 11.1 Å². The highest BCUT2D eigenvalue weighted by molar-refractivity contribution is 7.91. The molecule has 4 nitrogen and oxygen atoms in total. The number of halogens is 2. The summed E-state index contributed by atoms with van der Waals surface area (Å²) in [5, 5.41) is -0.0363. The van der Waals surface area contributed by atoms with Gasteiger partial charge in [0.15, 0.2) is 0 Å². The van der Waals surface area contributed by atoms with Gasteiger partial charge in [-0.25, -0.2) is 17.2 Å². The molecule has 0 saturated heterocycles. The third-order valence-electron chi connectivity index (χ3n) is 4.86. The van der Waals surface area contributed by atoms with Crippen LogP contribution in [0.25, 0.3) is 10.9 Å². The molecule has 0 radical (unpaired) electrons. The molecule has 30 heavy (non-hydrogen) atoms. The van der Waals surface area contributed by atoms with Gasteiger partial charge in [0.25, 0.3) is 0 Å². The van der Waals surface area contributed by atoms with Gasteiger partial charge < -0.3 is 4.57 Å². The van der Waals surface area contributed by atoms with Crippen LogP contribution in [0.4, 0.5) is 8.78 Å². The lowest BCUT2D eigenvalue weighted by Crippen LogP contribution is -2.20. The first-order chi connectivity index (χ1) is 14.3. The number of hydrogen-bond donors (Lipinski definition) is 0. The van der Waals surface area contributed by atoms with E-state index in [1.807, 2.05) is 31.2 Å². The lowest BCUT2D eigenvalue weighted by molar-refractivity contribution is 0.592. The Kier molecular flexibility index (Phi) is 4.99. The molecule has 0 aliphatic carbocycles. The molecule has 0 aliphatic rings. The fraction of sp³-hybridized carbons (Fsp3) is 0.0870. The first-order valence-corrected chi connectivity index (χ1v) is 10.6. The van der Waals surface area contributed by atoms with Gasteiger partial charge >= 0.3 is 0 Å². The largest absolute Gasteiger partial charge is 0.341 e. The van der Waals surface area contributed by atoms with Gasteiger partial charge in [-0.15, -0.1) is 0 Å². The zero-order chi connectivity index (χ0) is 21.5. The molecule has 0 N–H and O–H groups in total. The summed E-state index contributed by atoms with van der Waals surface area (Å²) < 4.78 is 55.0. The van der Waals surface area contributed by atoms with E-state index in [1.165, 1.54) is 18.3 Å². The van der Waals surface area contributed by atoms with Gasteiger partial charge in [0, 0.05) is 18.1 Å². The van der Waals surface area contributed by atoms with Crippen molar-refractivity contribution in [2.24, 2.45) is 0 Å². The second-order valence-corrected chi connectivity index (χ2v) is 8.98. The van der Waals surface area contributed by atoms with Crippen molar-refractivity contribution in [3.05, 3.63) is 106 Å². The Morgan fingerprint density at radius 3 is 2.30 bits per heavy atom. The fourth-order valence-corrected chi connectivity index (χ4v) is 4.78. The van der Waals surface area contributed by atoms with Crippen LogP contribution < -0.4 is 5.43 Å². The van der Waals surface area contributed by atoms with Crippen molar-refractivity contribution in [1.82, 2.24) is 4.57 Å². The van der Waals surface area contributed by atoms with E-state index < -0.39 is 31.8 Å². The number of pyridine rings is 1. The summed E-state index contributed by atoms with van der Waals surface area (Å²) in [6.45, 7) is 2.23. The van der Waals surface area contributed by atoms with E-state index in [0.717, 1.165) is 41.5 Å². The van der Waals surface area contributed by atoms with Crippen molar-refractivity contribution in [2.45, 2.75) is 23.3 Å². The van der Waals surface area contributed by atoms with Gasteiger partial charge in [-0.05, 0) is 55.0 Å². The highest BCUT2D eigenvalue weighted by Gasteiger charge is 2.24.